The second-order valence-corrected chi connectivity index (χ2v) is 23.6. The zero-order valence-electron chi connectivity index (χ0n) is 49.8. The van der Waals surface area contributed by atoms with Crippen LogP contribution in [0.25, 0.3) is 0 Å². The molecule has 84 heavy (non-hydrogen) atoms. The summed E-state index contributed by atoms with van der Waals surface area (Å²) in [6.45, 7) is 5.67. The fraction of sp³-hybridized carbons (Fsp3) is 0.514. The Balaban J connectivity index is 0.685. The van der Waals surface area contributed by atoms with Crippen LogP contribution in [0.2, 0.25) is 0 Å². The molecule has 4 aromatic carbocycles. The molecule has 0 N–H and O–H groups in total. The average molecular weight is 1140 g/mol. The van der Waals surface area contributed by atoms with Crippen molar-refractivity contribution in [2.24, 2.45) is 0 Å². The fourth-order valence-electron chi connectivity index (χ4n) is 12.3. The summed E-state index contributed by atoms with van der Waals surface area (Å²) in [7, 11) is 0. The number of imide groups is 4. The molecule has 14 nitrogen and oxygen atoms in total. The summed E-state index contributed by atoms with van der Waals surface area (Å²) >= 11 is 0. The summed E-state index contributed by atoms with van der Waals surface area (Å²) in [5, 5.41) is 0. The number of benzene rings is 4. The van der Waals surface area contributed by atoms with Crippen LogP contribution >= 0.6 is 0 Å². The zero-order valence-corrected chi connectivity index (χ0v) is 49.8. The first kappa shape index (κ1) is 62.8. The third-order valence-electron chi connectivity index (χ3n) is 17.4. The van der Waals surface area contributed by atoms with E-state index in [9.17, 15) is 47.9 Å². The molecule has 446 valence electrons. The first-order valence-electron chi connectivity index (χ1n) is 32.0. The fourth-order valence-corrected chi connectivity index (χ4v) is 12.3. The molecular weight excluding hydrogens is 1060 g/mol. The number of unbranched alkanes of at least 4 members (excludes halogenated alkanes) is 27. The zero-order chi connectivity index (χ0) is 59.5. The number of nitrogens with zero attached hydrogens (tertiary/aromatic N) is 4. The molecule has 0 unspecified atom stereocenters. The van der Waals surface area contributed by atoms with E-state index in [-0.39, 0.29) is 103 Å². The maximum Gasteiger partial charge on any atom is 0.261 e. The van der Waals surface area contributed by atoms with Gasteiger partial charge in [-0.3, -0.25) is 67.5 Å². The van der Waals surface area contributed by atoms with Gasteiger partial charge in [-0.15, -0.1) is 0 Å². The van der Waals surface area contributed by atoms with E-state index in [1.54, 1.807) is 0 Å². The second-order valence-electron chi connectivity index (χ2n) is 23.6. The molecule has 0 spiro atoms. The van der Waals surface area contributed by atoms with Crippen LogP contribution in [0.15, 0.2) is 72.8 Å². The van der Waals surface area contributed by atoms with Crippen LogP contribution in [-0.2, 0) is 0 Å². The van der Waals surface area contributed by atoms with Gasteiger partial charge in [0.2, 0.25) is 0 Å². The average Bonchev–Trinajstić information content (AvgIpc) is 2.26. The molecule has 8 rings (SSSR count). The van der Waals surface area contributed by atoms with Gasteiger partial charge in [0.25, 0.3) is 47.3 Å². The molecule has 4 aliphatic rings. The van der Waals surface area contributed by atoms with Crippen LogP contribution < -0.4 is 0 Å². The Morgan fingerprint density at radius 3 is 0.595 bits per heavy atom. The van der Waals surface area contributed by atoms with E-state index in [0.717, 1.165) is 103 Å². The van der Waals surface area contributed by atoms with Crippen LogP contribution in [0.1, 0.15) is 321 Å². The molecule has 4 aromatic rings. The minimum absolute atomic E-state index is 0.182. The lowest BCUT2D eigenvalue weighted by Crippen LogP contribution is -2.30. The number of hydrogen-bond acceptors (Lipinski definition) is 10. The third kappa shape index (κ3) is 15.2. The van der Waals surface area contributed by atoms with Crippen molar-refractivity contribution >= 4 is 58.8 Å². The predicted octanol–water partition coefficient (Wildman–Crippen LogP) is 15.0. The smallest absolute Gasteiger partial charge is 0.261 e. The molecule has 0 radical (unpaired) electrons. The highest BCUT2D eigenvalue weighted by molar-refractivity contribution is 6.26. The van der Waals surface area contributed by atoms with E-state index < -0.39 is 35.2 Å². The van der Waals surface area contributed by atoms with Gasteiger partial charge in [0.05, 0.1) is 44.5 Å². The molecule has 0 aromatic heterocycles. The first-order chi connectivity index (χ1) is 40.9. The number of rotatable bonds is 39. The van der Waals surface area contributed by atoms with Gasteiger partial charge in [0, 0.05) is 48.4 Å². The number of fused-ring (bicyclic) bond motifs is 4. The van der Waals surface area contributed by atoms with Crippen molar-refractivity contribution in [1.82, 2.24) is 19.6 Å². The van der Waals surface area contributed by atoms with E-state index in [4.69, 9.17) is 0 Å². The SMILES string of the molecule is CCCCCCCCCCCCN1C(=O)c2ccc(C(=O)c3ccc4c(c3)C(=O)N(CCCCCCCCCCCCN3C(=O)c5ccc(C(=O)c6ccc7c(c6)C(=O)N(CCCCCCCCCCCC)C7=O)cc5C3=O)C4=O)cc2C1=O. The summed E-state index contributed by atoms with van der Waals surface area (Å²) < 4.78 is 0. The van der Waals surface area contributed by atoms with Crippen molar-refractivity contribution < 1.29 is 47.9 Å². The van der Waals surface area contributed by atoms with Crippen molar-refractivity contribution in [2.45, 2.75) is 206 Å². The van der Waals surface area contributed by atoms with Gasteiger partial charge < -0.3 is 0 Å². The van der Waals surface area contributed by atoms with Gasteiger partial charge in [-0.2, -0.15) is 0 Å². The Morgan fingerprint density at radius 1 is 0.238 bits per heavy atom. The Hall–Kier alpha value is -7.22. The normalized spacial score (nSPS) is 14.5. The lowest BCUT2D eigenvalue weighted by Gasteiger charge is -2.13. The standard InChI is InChI=1S/C70H86N4O10/c1-3-5-7-9-11-13-17-21-25-29-41-71-63(77)53-37-33-49(45-57(53)67(71)81)61(75)51-35-39-55-59(47-51)69(83)73(65(55)79)43-31-27-23-19-15-16-20-24-28-32-44-74-66(80)56-40-36-52(48-60(56)70(74)84)62(76)50-34-38-54-58(46-50)68(82)72(64(54)78)42-30-26-22-18-14-12-10-8-6-4-2/h33-40,45-48H,3-32,41-44H2,1-2H3. The van der Waals surface area contributed by atoms with Crippen molar-refractivity contribution in [2.75, 3.05) is 26.2 Å². The second kappa shape index (κ2) is 31.1. The molecule has 8 amide bonds. The summed E-state index contributed by atoms with van der Waals surface area (Å²) in [5.74, 6) is -3.91. The number of ketones is 2. The van der Waals surface area contributed by atoms with Gasteiger partial charge in [0.1, 0.15) is 0 Å². The molecule has 0 atom stereocenters. The topological polar surface area (TPSA) is 184 Å². The maximum atomic E-state index is 13.7. The minimum atomic E-state index is -0.431. The molecule has 4 aliphatic heterocycles. The Labute approximate surface area is 496 Å². The Morgan fingerprint density at radius 2 is 0.405 bits per heavy atom. The molecule has 0 saturated carbocycles. The first-order valence-corrected chi connectivity index (χ1v) is 32.0. The minimum Gasteiger partial charge on any atom is -0.289 e. The lowest BCUT2D eigenvalue weighted by molar-refractivity contribution is 0.0635. The predicted molar refractivity (Wildman–Crippen MR) is 324 cm³/mol. The van der Waals surface area contributed by atoms with Crippen LogP contribution in [-0.4, -0.2) is 105 Å². The molecule has 14 heteroatoms. The van der Waals surface area contributed by atoms with Crippen molar-refractivity contribution in [3.8, 4) is 0 Å². The third-order valence-corrected chi connectivity index (χ3v) is 17.4. The summed E-state index contributed by atoms with van der Waals surface area (Å²) in [4.78, 5) is 139. The highest BCUT2D eigenvalue weighted by atomic mass is 16.2. The van der Waals surface area contributed by atoms with Gasteiger partial charge in [-0.25, -0.2) is 0 Å². The van der Waals surface area contributed by atoms with Crippen LogP contribution in [0.4, 0.5) is 0 Å². The monoisotopic (exact) mass is 1140 g/mol. The largest absolute Gasteiger partial charge is 0.289 e. The number of hydrogen-bond donors (Lipinski definition) is 0. The quantitative estimate of drug-likeness (QED) is 0.0237. The van der Waals surface area contributed by atoms with Crippen LogP contribution in [0.3, 0.4) is 0 Å². The summed E-state index contributed by atoms with van der Waals surface area (Å²) in [6, 6.07) is 18.1. The Kier molecular flexibility index (Phi) is 23.2. The molecule has 0 fully saturated rings. The maximum absolute atomic E-state index is 13.7. The van der Waals surface area contributed by atoms with Crippen molar-refractivity contribution in [3.63, 3.8) is 0 Å². The Bertz CT molecular complexity index is 2900. The van der Waals surface area contributed by atoms with Crippen LogP contribution in [0, 0.1) is 0 Å². The molecule has 0 bridgehead atoms. The molecular formula is C70H86N4O10. The number of carbonyl (C=O) groups is 10. The highest BCUT2D eigenvalue weighted by Gasteiger charge is 2.40. The van der Waals surface area contributed by atoms with E-state index in [0.29, 0.717) is 25.9 Å². The van der Waals surface area contributed by atoms with E-state index in [2.05, 4.69) is 13.8 Å². The lowest BCUT2D eigenvalue weighted by atomic mass is 9.96. The van der Waals surface area contributed by atoms with Crippen molar-refractivity contribution in [3.05, 3.63) is 140 Å². The molecule has 4 heterocycles. The summed E-state index contributed by atoms with van der Waals surface area (Å²) in [6.07, 6.45) is 31.9. The van der Waals surface area contributed by atoms with E-state index >= 15 is 0 Å². The van der Waals surface area contributed by atoms with Gasteiger partial charge in [-0.1, -0.05) is 205 Å². The van der Waals surface area contributed by atoms with E-state index in [1.165, 1.54) is 169 Å². The number of amides is 8. The van der Waals surface area contributed by atoms with E-state index in [1.807, 2.05) is 0 Å². The van der Waals surface area contributed by atoms with Crippen LogP contribution in [0.5, 0.6) is 0 Å². The number of carbonyl (C=O) groups excluding carboxylic acids is 10. The van der Waals surface area contributed by atoms with Gasteiger partial charge in [0.15, 0.2) is 11.6 Å². The molecule has 0 saturated heterocycles. The molecule has 0 aliphatic carbocycles. The van der Waals surface area contributed by atoms with Gasteiger partial charge in [-0.05, 0) is 74.2 Å². The highest BCUT2D eigenvalue weighted by Crippen LogP contribution is 2.32. The van der Waals surface area contributed by atoms with Gasteiger partial charge >= 0.3 is 0 Å². The summed E-state index contributed by atoms with van der Waals surface area (Å²) in [5.41, 5.74) is 2.77. The van der Waals surface area contributed by atoms with Crippen molar-refractivity contribution in [1.29, 1.82) is 0 Å².